The first-order chi connectivity index (χ1) is 9.74. The minimum Gasteiger partial charge on any atom is -0.390 e. The molecule has 0 spiro atoms. The van der Waals surface area contributed by atoms with Crippen LogP contribution in [0.5, 0.6) is 0 Å². The first-order valence-corrected chi connectivity index (χ1v) is 8.13. The largest absolute Gasteiger partial charge is 0.390 e. The molecule has 1 atom stereocenters. The Hall–Kier alpha value is -0.650. The molecule has 2 fully saturated rings. The van der Waals surface area contributed by atoms with Crippen molar-refractivity contribution in [2.24, 2.45) is 0 Å². The summed E-state index contributed by atoms with van der Waals surface area (Å²) in [6.07, 6.45) is 6.98. The molecular weight excluding hydrogens is 254 g/mol. The van der Waals surface area contributed by atoms with Crippen molar-refractivity contribution in [3.05, 3.63) is 0 Å². The predicted octanol–water partition coefficient (Wildman–Crippen LogP) is 0.435. The Morgan fingerprint density at radius 3 is 2.15 bits per heavy atom. The lowest BCUT2D eigenvalue weighted by Gasteiger charge is -2.21. The predicted molar refractivity (Wildman–Crippen MR) is 79.6 cm³/mol. The van der Waals surface area contributed by atoms with Gasteiger partial charge in [0.2, 0.25) is 5.91 Å². The Morgan fingerprint density at radius 1 is 0.950 bits per heavy atom. The summed E-state index contributed by atoms with van der Waals surface area (Å²) in [7, 11) is 0. The van der Waals surface area contributed by atoms with Gasteiger partial charge in [-0.2, -0.15) is 0 Å². The van der Waals surface area contributed by atoms with Gasteiger partial charge >= 0.3 is 0 Å². The van der Waals surface area contributed by atoms with E-state index in [1.807, 2.05) is 0 Å². The average molecular weight is 283 g/mol. The first kappa shape index (κ1) is 15.7. The van der Waals surface area contributed by atoms with Gasteiger partial charge in [-0.05, 0) is 51.9 Å². The van der Waals surface area contributed by atoms with Crippen molar-refractivity contribution < 1.29 is 9.90 Å². The lowest BCUT2D eigenvalue weighted by atomic mass is 10.2. The van der Waals surface area contributed by atoms with Gasteiger partial charge in [0.1, 0.15) is 0 Å². The first-order valence-electron chi connectivity index (χ1n) is 8.13. The van der Waals surface area contributed by atoms with Crippen LogP contribution in [0.25, 0.3) is 0 Å². The van der Waals surface area contributed by atoms with Crippen LogP contribution < -0.4 is 5.32 Å². The maximum Gasteiger partial charge on any atom is 0.234 e. The Labute approximate surface area is 122 Å². The summed E-state index contributed by atoms with van der Waals surface area (Å²) in [5.74, 6) is 0.0485. The normalized spacial score (nSPS) is 23.4. The number of hydrogen-bond acceptors (Lipinski definition) is 4. The van der Waals surface area contributed by atoms with E-state index in [0.717, 1.165) is 26.2 Å². The van der Waals surface area contributed by atoms with E-state index in [-0.39, 0.29) is 5.91 Å². The molecule has 0 aromatic rings. The SMILES string of the molecule is O=C(CN1CCCCCC1)NCC(O)CN1CCCC1. The topological polar surface area (TPSA) is 55.8 Å². The molecular formula is C15H29N3O2. The third-order valence-electron chi connectivity index (χ3n) is 4.27. The number of aliphatic hydroxyl groups excluding tert-OH is 1. The third kappa shape index (κ3) is 5.77. The number of likely N-dealkylation sites (tertiary alicyclic amines) is 2. The average Bonchev–Trinajstić information content (AvgIpc) is 2.80. The minimum atomic E-state index is -0.443. The fraction of sp³-hybridized carbons (Fsp3) is 0.933. The van der Waals surface area contributed by atoms with Gasteiger partial charge < -0.3 is 15.3 Å². The summed E-state index contributed by atoms with van der Waals surface area (Å²) in [5.41, 5.74) is 0. The van der Waals surface area contributed by atoms with E-state index in [9.17, 15) is 9.90 Å². The molecule has 20 heavy (non-hydrogen) atoms. The highest BCUT2D eigenvalue weighted by Gasteiger charge is 2.17. The molecule has 0 saturated carbocycles. The zero-order valence-corrected chi connectivity index (χ0v) is 12.5. The maximum atomic E-state index is 11.9. The van der Waals surface area contributed by atoms with E-state index in [1.165, 1.54) is 38.5 Å². The summed E-state index contributed by atoms with van der Waals surface area (Å²) in [6, 6.07) is 0. The van der Waals surface area contributed by atoms with Crippen LogP contribution in [0.15, 0.2) is 0 Å². The summed E-state index contributed by atoms with van der Waals surface area (Å²) < 4.78 is 0. The zero-order valence-electron chi connectivity index (χ0n) is 12.5. The van der Waals surface area contributed by atoms with E-state index < -0.39 is 6.10 Å². The molecule has 0 aromatic carbocycles. The van der Waals surface area contributed by atoms with Crippen LogP contribution in [0.4, 0.5) is 0 Å². The van der Waals surface area contributed by atoms with Crippen molar-refractivity contribution in [2.45, 2.75) is 44.6 Å². The van der Waals surface area contributed by atoms with Crippen LogP contribution in [-0.4, -0.2) is 72.7 Å². The van der Waals surface area contributed by atoms with E-state index >= 15 is 0 Å². The van der Waals surface area contributed by atoms with Crippen LogP contribution in [0.2, 0.25) is 0 Å². The van der Waals surface area contributed by atoms with E-state index in [0.29, 0.717) is 19.6 Å². The van der Waals surface area contributed by atoms with E-state index in [1.54, 1.807) is 0 Å². The van der Waals surface area contributed by atoms with Gasteiger partial charge in [-0.15, -0.1) is 0 Å². The number of hydrogen-bond donors (Lipinski definition) is 2. The molecule has 2 saturated heterocycles. The molecule has 5 heteroatoms. The lowest BCUT2D eigenvalue weighted by Crippen LogP contribution is -2.43. The van der Waals surface area contributed by atoms with Gasteiger partial charge in [0.05, 0.1) is 12.6 Å². The van der Waals surface area contributed by atoms with Gasteiger partial charge in [-0.3, -0.25) is 9.69 Å². The molecule has 2 aliphatic heterocycles. The highest BCUT2D eigenvalue weighted by Crippen LogP contribution is 2.09. The number of amides is 1. The molecule has 2 heterocycles. The Bertz CT molecular complexity index is 285. The standard InChI is InChI=1S/C15H29N3O2/c19-14(12-17-9-5-6-10-17)11-16-15(20)13-18-7-3-1-2-4-8-18/h14,19H,1-13H2,(H,16,20). The molecule has 2 N–H and O–H groups in total. The Balaban J connectivity index is 1.58. The van der Waals surface area contributed by atoms with Gasteiger partial charge in [0.15, 0.2) is 0 Å². The number of carbonyl (C=O) groups excluding carboxylic acids is 1. The smallest absolute Gasteiger partial charge is 0.234 e. The van der Waals surface area contributed by atoms with Crippen molar-refractivity contribution in [3.8, 4) is 0 Å². The molecule has 0 radical (unpaired) electrons. The highest BCUT2D eigenvalue weighted by molar-refractivity contribution is 5.78. The fourth-order valence-corrected chi connectivity index (χ4v) is 3.11. The molecule has 1 amide bonds. The minimum absolute atomic E-state index is 0.0485. The van der Waals surface area contributed by atoms with Gasteiger partial charge in [-0.25, -0.2) is 0 Å². The zero-order chi connectivity index (χ0) is 14.2. The summed E-state index contributed by atoms with van der Waals surface area (Å²) >= 11 is 0. The number of β-amino-alcohol motifs (C(OH)–C–C–N with tert-alkyl or cyclic N) is 1. The fourth-order valence-electron chi connectivity index (χ4n) is 3.11. The van der Waals surface area contributed by atoms with E-state index in [2.05, 4.69) is 15.1 Å². The second kappa shape index (κ2) is 8.60. The lowest BCUT2D eigenvalue weighted by molar-refractivity contribution is -0.122. The number of carbonyl (C=O) groups is 1. The molecule has 1 unspecified atom stereocenters. The van der Waals surface area contributed by atoms with Crippen LogP contribution in [0.1, 0.15) is 38.5 Å². The monoisotopic (exact) mass is 283 g/mol. The second-order valence-electron chi connectivity index (χ2n) is 6.16. The summed E-state index contributed by atoms with van der Waals surface area (Å²) in [4.78, 5) is 16.4. The number of rotatable bonds is 6. The van der Waals surface area contributed by atoms with Crippen LogP contribution in [0, 0.1) is 0 Å². The van der Waals surface area contributed by atoms with Crippen LogP contribution >= 0.6 is 0 Å². The number of nitrogens with one attached hydrogen (secondary N) is 1. The van der Waals surface area contributed by atoms with Crippen molar-refractivity contribution in [2.75, 3.05) is 45.8 Å². The van der Waals surface area contributed by atoms with Crippen LogP contribution in [-0.2, 0) is 4.79 Å². The Kier molecular flexibility index (Phi) is 6.76. The molecule has 5 nitrogen and oxygen atoms in total. The van der Waals surface area contributed by atoms with E-state index in [4.69, 9.17) is 0 Å². The quantitative estimate of drug-likeness (QED) is 0.742. The summed E-state index contributed by atoms with van der Waals surface area (Å²) in [5, 5.41) is 12.8. The number of nitrogens with zero attached hydrogens (tertiary/aromatic N) is 2. The number of aliphatic hydroxyl groups is 1. The molecule has 0 aliphatic carbocycles. The summed E-state index contributed by atoms with van der Waals surface area (Å²) in [6.45, 7) is 5.77. The molecule has 0 bridgehead atoms. The molecule has 116 valence electrons. The van der Waals surface area contributed by atoms with Crippen molar-refractivity contribution >= 4 is 5.91 Å². The third-order valence-corrected chi connectivity index (χ3v) is 4.27. The van der Waals surface area contributed by atoms with Crippen LogP contribution in [0.3, 0.4) is 0 Å². The molecule has 2 aliphatic rings. The van der Waals surface area contributed by atoms with Gasteiger partial charge in [0, 0.05) is 13.1 Å². The second-order valence-corrected chi connectivity index (χ2v) is 6.16. The maximum absolute atomic E-state index is 11.9. The van der Waals surface area contributed by atoms with Crippen molar-refractivity contribution in [1.29, 1.82) is 0 Å². The van der Waals surface area contributed by atoms with Gasteiger partial charge in [0.25, 0.3) is 0 Å². The van der Waals surface area contributed by atoms with Gasteiger partial charge in [-0.1, -0.05) is 12.8 Å². The Morgan fingerprint density at radius 2 is 1.50 bits per heavy atom. The van der Waals surface area contributed by atoms with Crippen molar-refractivity contribution in [3.63, 3.8) is 0 Å². The molecule has 0 aromatic heterocycles. The molecule has 2 rings (SSSR count). The van der Waals surface area contributed by atoms with Crippen molar-refractivity contribution in [1.82, 2.24) is 15.1 Å². The highest BCUT2D eigenvalue weighted by atomic mass is 16.3.